The number of aromatic hydroxyl groups is 1. The van der Waals surface area contributed by atoms with Gasteiger partial charge in [0.15, 0.2) is 11.5 Å². The summed E-state index contributed by atoms with van der Waals surface area (Å²) in [6, 6.07) is 10.0. The molecular formula is C15H12N4O3. The van der Waals surface area contributed by atoms with Gasteiger partial charge in [-0.2, -0.15) is 0 Å². The molecule has 0 unspecified atom stereocenters. The molecule has 0 fully saturated rings. The smallest absolute Gasteiger partial charge is 0.358 e. The maximum atomic E-state index is 11.4. The summed E-state index contributed by atoms with van der Waals surface area (Å²) in [5.41, 5.74) is 1.40. The maximum Gasteiger partial charge on any atom is 0.358 e. The lowest BCUT2D eigenvalue weighted by atomic mass is 10.3. The number of fused-ring (bicyclic) bond motifs is 1. The molecule has 0 amide bonds. The highest BCUT2D eigenvalue weighted by atomic mass is 16.4. The summed E-state index contributed by atoms with van der Waals surface area (Å²) in [5, 5.41) is 26.9. The maximum absolute atomic E-state index is 11.4. The average Bonchev–Trinajstić information content (AvgIpc) is 2.87. The quantitative estimate of drug-likeness (QED) is 0.723. The molecule has 0 aliphatic heterocycles. The fourth-order valence-electron chi connectivity index (χ4n) is 2.08. The van der Waals surface area contributed by atoms with E-state index < -0.39 is 5.97 Å². The highest BCUT2D eigenvalue weighted by Crippen LogP contribution is 2.29. The predicted molar refractivity (Wildman–Crippen MR) is 79.2 cm³/mol. The van der Waals surface area contributed by atoms with E-state index in [1.807, 2.05) is 13.0 Å². The molecule has 0 bridgehead atoms. The van der Waals surface area contributed by atoms with Crippen LogP contribution < -0.4 is 0 Å². The van der Waals surface area contributed by atoms with Crippen LogP contribution >= 0.6 is 0 Å². The number of azo groups is 1. The van der Waals surface area contributed by atoms with E-state index >= 15 is 0 Å². The number of nitrogens with zero attached hydrogens (tertiary/aromatic N) is 4. The van der Waals surface area contributed by atoms with Crippen LogP contribution in [0.1, 0.15) is 16.1 Å². The van der Waals surface area contributed by atoms with Crippen LogP contribution in [-0.4, -0.2) is 25.6 Å². The first-order valence-electron chi connectivity index (χ1n) is 6.48. The second-order valence-electron chi connectivity index (χ2n) is 4.66. The highest BCUT2D eigenvalue weighted by Gasteiger charge is 2.19. The first-order chi connectivity index (χ1) is 10.6. The molecule has 2 N–H and O–H groups in total. The van der Waals surface area contributed by atoms with Crippen molar-refractivity contribution >= 4 is 23.1 Å². The van der Waals surface area contributed by atoms with Crippen molar-refractivity contribution in [1.82, 2.24) is 9.38 Å². The zero-order valence-corrected chi connectivity index (χ0v) is 11.6. The topological polar surface area (TPSA) is 99.6 Å². The zero-order valence-electron chi connectivity index (χ0n) is 11.6. The van der Waals surface area contributed by atoms with E-state index in [0.717, 1.165) is 5.56 Å². The minimum Gasteiger partial charge on any atom is -0.506 e. The molecule has 0 aliphatic rings. The van der Waals surface area contributed by atoms with E-state index in [0.29, 0.717) is 5.65 Å². The van der Waals surface area contributed by atoms with Crippen LogP contribution in [0.25, 0.3) is 5.65 Å². The normalized spacial score (nSPS) is 11.3. The monoisotopic (exact) mass is 296 g/mol. The van der Waals surface area contributed by atoms with E-state index in [1.165, 1.54) is 6.07 Å². The van der Waals surface area contributed by atoms with E-state index in [4.69, 9.17) is 0 Å². The van der Waals surface area contributed by atoms with Crippen molar-refractivity contribution in [2.45, 2.75) is 6.92 Å². The van der Waals surface area contributed by atoms with Crippen molar-refractivity contribution in [3.05, 3.63) is 53.9 Å². The van der Waals surface area contributed by atoms with Crippen LogP contribution in [0.4, 0.5) is 11.5 Å². The summed E-state index contributed by atoms with van der Waals surface area (Å²) in [5.74, 6) is -1.11. The first kappa shape index (κ1) is 13.7. The molecule has 0 atom stereocenters. The van der Waals surface area contributed by atoms with Crippen LogP contribution in [0.3, 0.4) is 0 Å². The van der Waals surface area contributed by atoms with Gasteiger partial charge >= 0.3 is 5.97 Å². The highest BCUT2D eigenvalue weighted by molar-refractivity contribution is 5.92. The lowest BCUT2D eigenvalue weighted by molar-refractivity contribution is 0.0692. The fraction of sp³-hybridized carbons (Fsp3) is 0.0667. The number of aromatic carboxylic acids is 1. The third kappa shape index (κ3) is 2.28. The van der Waals surface area contributed by atoms with Crippen molar-refractivity contribution < 1.29 is 15.0 Å². The molecule has 7 nitrogen and oxygen atoms in total. The Hall–Kier alpha value is -3.22. The number of phenols is 1. The number of carboxylic acid groups (broad SMARTS) is 1. The molecular weight excluding hydrogens is 284 g/mol. The molecule has 0 aliphatic carbocycles. The van der Waals surface area contributed by atoms with Crippen LogP contribution in [0.5, 0.6) is 5.75 Å². The minimum atomic E-state index is -1.19. The molecule has 3 rings (SSSR count). The Morgan fingerprint density at radius 2 is 1.95 bits per heavy atom. The number of phenolic OH excluding ortho intramolecular Hbond substituents is 1. The van der Waals surface area contributed by atoms with E-state index in [9.17, 15) is 15.0 Å². The molecule has 0 spiro atoms. The van der Waals surface area contributed by atoms with Crippen molar-refractivity contribution in [2.75, 3.05) is 0 Å². The van der Waals surface area contributed by atoms with Gasteiger partial charge in [0.25, 0.3) is 0 Å². The Balaban J connectivity index is 2.17. The molecule has 3 aromatic rings. The van der Waals surface area contributed by atoms with Crippen LogP contribution in [0.2, 0.25) is 0 Å². The van der Waals surface area contributed by atoms with E-state index in [1.54, 1.807) is 34.9 Å². The number of aryl methyl sites for hydroxylation is 1. The predicted octanol–water partition coefficient (Wildman–Crippen LogP) is 3.46. The molecule has 0 saturated carbocycles. The summed E-state index contributed by atoms with van der Waals surface area (Å²) in [6.45, 7) is 1.83. The SMILES string of the molecule is Cc1cccn2c(N=Nc3ccccc3O)c(C(=O)O)nc12. The molecule has 2 aromatic heterocycles. The van der Waals surface area contributed by atoms with Crippen LogP contribution in [0, 0.1) is 6.92 Å². The van der Waals surface area contributed by atoms with Gasteiger partial charge in [-0.1, -0.05) is 18.2 Å². The lowest BCUT2D eigenvalue weighted by Crippen LogP contribution is -1.96. The fourth-order valence-corrected chi connectivity index (χ4v) is 2.08. The van der Waals surface area contributed by atoms with Gasteiger partial charge < -0.3 is 10.2 Å². The molecule has 22 heavy (non-hydrogen) atoms. The molecule has 0 radical (unpaired) electrons. The largest absolute Gasteiger partial charge is 0.506 e. The van der Waals surface area contributed by atoms with E-state index in [-0.39, 0.29) is 22.9 Å². The van der Waals surface area contributed by atoms with Gasteiger partial charge in [-0.15, -0.1) is 10.2 Å². The van der Waals surface area contributed by atoms with Gasteiger partial charge in [0.1, 0.15) is 17.1 Å². The summed E-state index contributed by atoms with van der Waals surface area (Å²) >= 11 is 0. The standard InChI is InChI=1S/C15H12N4O3/c1-9-5-4-8-19-13(9)16-12(15(21)22)14(19)18-17-10-6-2-3-7-11(10)20/h2-8,20H,1H3,(H,21,22). The molecule has 2 heterocycles. The Morgan fingerprint density at radius 3 is 2.68 bits per heavy atom. The van der Waals surface area contributed by atoms with Crippen molar-refractivity contribution in [3.8, 4) is 5.75 Å². The minimum absolute atomic E-state index is 0.0341. The summed E-state index contributed by atoms with van der Waals surface area (Å²) in [4.78, 5) is 15.4. The number of rotatable bonds is 3. The van der Waals surface area contributed by atoms with Gasteiger partial charge in [0.2, 0.25) is 0 Å². The van der Waals surface area contributed by atoms with E-state index in [2.05, 4.69) is 15.2 Å². The van der Waals surface area contributed by atoms with Gasteiger partial charge in [-0.3, -0.25) is 4.40 Å². The molecule has 110 valence electrons. The van der Waals surface area contributed by atoms with Crippen molar-refractivity contribution in [2.24, 2.45) is 10.2 Å². The molecule has 0 saturated heterocycles. The zero-order chi connectivity index (χ0) is 15.7. The van der Waals surface area contributed by atoms with Gasteiger partial charge in [-0.05, 0) is 30.7 Å². The average molecular weight is 296 g/mol. The first-order valence-corrected chi connectivity index (χ1v) is 6.48. The van der Waals surface area contributed by atoms with Crippen molar-refractivity contribution in [1.29, 1.82) is 0 Å². The number of hydrogen-bond acceptors (Lipinski definition) is 5. The van der Waals surface area contributed by atoms with Crippen LogP contribution in [-0.2, 0) is 0 Å². The number of hydrogen-bond donors (Lipinski definition) is 2. The number of carboxylic acids is 1. The third-order valence-corrected chi connectivity index (χ3v) is 3.16. The number of para-hydroxylation sites is 1. The lowest BCUT2D eigenvalue weighted by Gasteiger charge is -1.99. The summed E-state index contributed by atoms with van der Waals surface area (Å²) in [6.07, 6.45) is 1.67. The Bertz CT molecular complexity index is 899. The second kappa shape index (κ2) is 5.28. The number of aromatic nitrogens is 2. The number of carbonyl (C=O) groups is 1. The second-order valence-corrected chi connectivity index (χ2v) is 4.66. The Kier molecular flexibility index (Phi) is 3.30. The number of pyridine rings is 1. The summed E-state index contributed by atoms with van der Waals surface area (Å²) in [7, 11) is 0. The number of imidazole rings is 1. The molecule has 1 aromatic carbocycles. The summed E-state index contributed by atoms with van der Waals surface area (Å²) < 4.78 is 1.56. The molecule has 7 heteroatoms. The van der Waals surface area contributed by atoms with Crippen molar-refractivity contribution in [3.63, 3.8) is 0 Å². The Morgan fingerprint density at radius 1 is 1.18 bits per heavy atom. The number of benzene rings is 1. The van der Waals surface area contributed by atoms with Gasteiger partial charge in [-0.25, -0.2) is 9.78 Å². The van der Waals surface area contributed by atoms with Crippen LogP contribution in [0.15, 0.2) is 52.8 Å². The van der Waals surface area contributed by atoms with Gasteiger partial charge in [0, 0.05) is 6.20 Å². The van der Waals surface area contributed by atoms with Gasteiger partial charge in [0.05, 0.1) is 0 Å². The third-order valence-electron chi connectivity index (χ3n) is 3.16. The Labute approximate surface area is 125 Å².